The minimum Gasteiger partial charge on any atom is -0.477 e. The molecule has 0 atom stereocenters. The molecular weight excluding hydrogens is 429 g/mol. The lowest BCUT2D eigenvalue weighted by atomic mass is 10.1. The van der Waals surface area contributed by atoms with Gasteiger partial charge >= 0.3 is 5.69 Å². The highest BCUT2D eigenvalue weighted by molar-refractivity contribution is 7.89. The first kappa shape index (κ1) is 24.2. The number of aryl methyl sites for hydroxylation is 1. The van der Waals surface area contributed by atoms with Crippen LogP contribution in [0.25, 0.3) is 0 Å². The third-order valence-electron chi connectivity index (χ3n) is 4.55. The van der Waals surface area contributed by atoms with Crippen LogP contribution in [-0.2, 0) is 21.4 Å². The molecule has 0 fully saturated rings. The van der Waals surface area contributed by atoms with Crippen LogP contribution in [0.4, 0.5) is 10.1 Å². The van der Waals surface area contributed by atoms with Crippen LogP contribution < -0.4 is 10.1 Å². The van der Waals surface area contributed by atoms with Crippen LogP contribution in [0, 0.1) is 22.9 Å². The van der Waals surface area contributed by atoms with E-state index in [4.69, 9.17) is 4.74 Å². The van der Waals surface area contributed by atoms with Gasteiger partial charge < -0.3 is 10.1 Å². The van der Waals surface area contributed by atoms with Crippen LogP contribution >= 0.6 is 0 Å². The molecule has 0 heterocycles. The number of benzene rings is 2. The number of ether oxygens (including phenoxy) is 1. The Morgan fingerprint density at radius 3 is 2.45 bits per heavy atom. The van der Waals surface area contributed by atoms with Crippen molar-refractivity contribution < 1.29 is 27.3 Å². The molecule has 0 aliphatic carbocycles. The quantitative estimate of drug-likeness (QED) is 0.436. The van der Waals surface area contributed by atoms with Gasteiger partial charge in [-0.1, -0.05) is 26.0 Å². The smallest absolute Gasteiger partial charge is 0.312 e. The van der Waals surface area contributed by atoms with Gasteiger partial charge in [0.1, 0.15) is 5.82 Å². The van der Waals surface area contributed by atoms with Crippen molar-refractivity contribution in [3.8, 4) is 5.75 Å². The maximum absolute atomic E-state index is 13.6. The number of nitro groups is 1. The van der Waals surface area contributed by atoms with Gasteiger partial charge in [0, 0.05) is 25.7 Å². The second kappa shape index (κ2) is 10.3. The van der Waals surface area contributed by atoms with Gasteiger partial charge in [-0.25, -0.2) is 12.8 Å². The summed E-state index contributed by atoms with van der Waals surface area (Å²) >= 11 is 0. The molecule has 9 nitrogen and oxygen atoms in total. The SMILES string of the molecule is CCN(CC)S(=O)(=O)c1ccc(OCC(=O)NCc2ccc(C)c(F)c2)c([N+](=O)[O-])c1. The van der Waals surface area contributed by atoms with E-state index >= 15 is 0 Å². The fourth-order valence-corrected chi connectivity index (χ4v) is 4.25. The lowest BCUT2D eigenvalue weighted by molar-refractivity contribution is -0.386. The number of amides is 1. The number of nitrogens with zero attached hydrogens (tertiary/aromatic N) is 2. The largest absolute Gasteiger partial charge is 0.477 e. The number of halogens is 1. The Hall–Kier alpha value is -3.05. The van der Waals surface area contributed by atoms with Crippen molar-refractivity contribution in [2.45, 2.75) is 32.2 Å². The molecule has 2 aromatic rings. The monoisotopic (exact) mass is 453 g/mol. The summed E-state index contributed by atoms with van der Waals surface area (Å²) in [5, 5.41) is 13.9. The molecular formula is C20H24FN3O6S. The van der Waals surface area contributed by atoms with Gasteiger partial charge in [0.2, 0.25) is 10.0 Å². The second-order valence-electron chi connectivity index (χ2n) is 6.62. The molecule has 168 valence electrons. The Bertz CT molecular complexity index is 1070. The number of hydrogen-bond acceptors (Lipinski definition) is 6. The Labute approximate surface area is 180 Å². The number of carbonyl (C=O) groups excluding carboxylic acids is 1. The van der Waals surface area contributed by atoms with Crippen molar-refractivity contribution in [2.75, 3.05) is 19.7 Å². The van der Waals surface area contributed by atoms with Crippen molar-refractivity contribution in [3.63, 3.8) is 0 Å². The second-order valence-corrected chi connectivity index (χ2v) is 8.56. The molecule has 0 aromatic heterocycles. The summed E-state index contributed by atoms with van der Waals surface area (Å²) in [6.07, 6.45) is 0. The van der Waals surface area contributed by atoms with Crippen LogP contribution in [-0.4, -0.2) is 43.2 Å². The summed E-state index contributed by atoms with van der Waals surface area (Å²) in [5.74, 6) is -1.20. The first-order valence-electron chi connectivity index (χ1n) is 9.53. The minimum atomic E-state index is -3.89. The molecule has 2 rings (SSSR count). The highest BCUT2D eigenvalue weighted by atomic mass is 32.2. The zero-order valence-corrected chi connectivity index (χ0v) is 18.2. The average Bonchev–Trinajstić information content (AvgIpc) is 2.73. The van der Waals surface area contributed by atoms with Gasteiger partial charge in [-0.2, -0.15) is 4.31 Å². The summed E-state index contributed by atoms with van der Waals surface area (Å²) in [6, 6.07) is 7.82. The molecule has 0 bridgehead atoms. The van der Waals surface area contributed by atoms with Crippen molar-refractivity contribution in [1.82, 2.24) is 9.62 Å². The van der Waals surface area contributed by atoms with Crippen molar-refractivity contribution >= 4 is 21.6 Å². The van der Waals surface area contributed by atoms with Crippen molar-refractivity contribution in [3.05, 3.63) is 63.5 Å². The maximum atomic E-state index is 13.6. The van der Waals surface area contributed by atoms with E-state index in [2.05, 4.69) is 5.32 Å². The maximum Gasteiger partial charge on any atom is 0.312 e. The van der Waals surface area contributed by atoms with Crippen LogP contribution in [0.1, 0.15) is 25.0 Å². The molecule has 0 unspecified atom stereocenters. The molecule has 0 radical (unpaired) electrons. The van der Waals surface area contributed by atoms with E-state index < -0.39 is 39.0 Å². The number of hydrogen-bond donors (Lipinski definition) is 1. The third-order valence-corrected chi connectivity index (χ3v) is 6.60. The normalized spacial score (nSPS) is 11.4. The minimum absolute atomic E-state index is 0.0581. The van der Waals surface area contributed by atoms with Gasteiger partial charge in [-0.3, -0.25) is 14.9 Å². The summed E-state index contributed by atoms with van der Waals surface area (Å²) in [4.78, 5) is 22.4. The highest BCUT2D eigenvalue weighted by Gasteiger charge is 2.26. The van der Waals surface area contributed by atoms with E-state index in [0.717, 1.165) is 12.1 Å². The molecule has 0 saturated carbocycles. The highest BCUT2D eigenvalue weighted by Crippen LogP contribution is 2.30. The predicted octanol–water partition coefficient (Wildman–Crippen LogP) is 2.77. The van der Waals surface area contributed by atoms with Crippen LogP contribution in [0.15, 0.2) is 41.3 Å². The lowest BCUT2D eigenvalue weighted by Gasteiger charge is -2.18. The van der Waals surface area contributed by atoms with E-state index in [1.807, 2.05) is 0 Å². The molecule has 0 saturated heterocycles. The first-order valence-corrected chi connectivity index (χ1v) is 11.0. The third kappa shape index (κ3) is 5.98. The topological polar surface area (TPSA) is 119 Å². The van der Waals surface area contributed by atoms with Crippen LogP contribution in [0.3, 0.4) is 0 Å². The predicted molar refractivity (Wildman–Crippen MR) is 112 cm³/mol. The van der Waals surface area contributed by atoms with Gasteiger partial charge in [-0.15, -0.1) is 0 Å². The average molecular weight is 453 g/mol. The number of nitrogens with one attached hydrogen (secondary N) is 1. The van der Waals surface area contributed by atoms with Crippen LogP contribution in [0.5, 0.6) is 5.75 Å². The molecule has 0 spiro atoms. The van der Waals surface area contributed by atoms with Gasteiger partial charge in [0.15, 0.2) is 12.4 Å². The number of rotatable bonds is 10. The summed E-state index contributed by atoms with van der Waals surface area (Å²) in [7, 11) is -3.89. The van der Waals surface area contributed by atoms with Crippen molar-refractivity contribution in [2.24, 2.45) is 0 Å². The molecule has 31 heavy (non-hydrogen) atoms. The Morgan fingerprint density at radius 2 is 1.87 bits per heavy atom. The fourth-order valence-electron chi connectivity index (χ4n) is 2.78. The summed E-state index contributed by atoms with van der Waals surface area (Å²) in [6.45, 7) is 4.91. The number of sulfonamides is 1. The zero-order chi connectivity index (χ0) is 23.2. The molecule has 11 heteroatoms. The zero-order valence-electron chi connectivity index (χ0n) is 17.4. The Kier molecular flexibility index (Phi) is 8.06. The molecule has 2 aromatic carbocycles. The van der Waals surface area contributed by atoms with E-state index in [0.29, 0.717) is 11.1 Å². The van der Waals surface area contributed by atoms with Crippen LogP contribution in [0.2, 0.25) is 0 Å². The van der Waals surface area contributed by atoms with Crippen molar-refractivity contribution in [1.29, 1.82) is 0 Å². The van der Waals surface area contributed by atoms with E-state index in [-0.39, 0.29) is 30.3 Å². The van der Waals surface area contributed by atoms with E-state index in [1.165, 1.54) is 16.4 Å². The Balaban J connectivity index is 2.09. The molecule has 1 N–H and O–H groups in total. The first-order chi connectivity index (χ1) is 14.6. The lowest BCUT2D eigenvalue weighted by Crippen LogP contribution is -2.30. The molecule has 0 aliphatic rings. The summed E-state index contributed by atoms with van der Waals surface area (Å²) in [5.41, 5.74) is 0.465. The molecule has 0 aliphatic heterocycles. The van der Waals surface area contributed by atoms with Gasteiger partial charge in [0.05, 0.1) is 9.82 Å². The van der Waals surface area contributed by atoms with Gasteiger partial charge in [0.25, 0.3) is 5.91 Å². The fraction of sp³-hybridized carbons (Fsp3) is 0.350. The summed E-state index contributed by atoms with van der Waals surface area (Å²) < 4.78 is 45.1. The standard InChI is InChI=1S/C20H24FN3O6S/c1-4-23(5-2)31(28,29)16-8-9-19(18(11-16)24(26)27)30-13-20(25)22-12-15-7-6-14(3)17(21)10-15/h6-11H,4-5,12-13H2,1-3H3,(H,22,25). The molecule has 1 amide bonds. The van der Waals surface area contributed by atoms with Gasteiger partial charge in [-0.05, 0) is 36.2 Å². The van der Waals surface area contributed by atoms with E-state index in [1.54, 1.807) is 32.9 Å². The Morgan fingerprint density at radius 1 is 1.19 bits per heavy atom. The number of nitro benzene ring substituents is 1. The number of carbonyl (C=O) groups is 1. The van der Waals surface area contributed by atoms with E-state index in [9.17, 15) is 27.7 Å².